The first-order valence-corrected chi connectivity index (χ1v) is 5.35. The van der Waals surface area contributed by atoms with Gasteiger partial charge in [-0.15, -0.1) is 23.2 Å². The molecular formula is C11H10Cl2O2. The zero-order chi connectivity index (χ0) is 11.4. The molecular weight excluding hydrogens is 235 g/mol. The number of aldehydes is 1. The fraction of sp³-hybridized carbons (Fsp3) is 0.273. The van der Waals surface area contributed by atoms with Crippen LogP contribution in [0.4, 0.5) is 0 Å². The molecule has 0 aliphatic heterocycles. The first-order chi connectivity index (χ1) is 7.10. The van der Waals surface area contributed by atoms with Gasteiger partial charge in [-0.05, 0) is 18.1 Å². The number of hydrogen-bond donors (Lipinski definition) is 0. The Balaban J connectivity index is 3.22. The molecule has 1 unspecified atom stereocenters. The van der Waals surface area contributed by atoms with Crippen LogP contribution in [-0.2, 0) is 10.7 Å². The number of carbonyl (C=O) groups excluding carboxylic acids is 2. The highest BCUT2D eigenvalue weighted by Crippen LogP contribution is 2.25. The van der Waals surface area contributed by atoms with E-state index in [0.717, 1.165) is 5.56 Å². The second-order valence-corrected chi connectivity index (χ2v) is 3.89. The first-order valence-electron chi connectivity index (χ1n) is 4.38. The third kappa shape index (κ3) is 2.80. The molecule has 1 rings (SSSR count). The lowest BCUT2D eigenvalue weighted by molar-refractivity contribution is -0.116. The van der Waals surface area contributed by atoms with Gasteiger partial charge >= 0.3 is 0 Å². The Morgan fingerprint density at radius 2 is 2.20 bits per heavy atom. The summed E-state index contributed by atoms with van der Waals surface area (Å²) < 4.78 is 0. The van der Waals surface area contributed by atoms with Crippen LogP contribution in [0.5, 0.6) is 0 Å². The van der Waals surface area contributed by atoms with Gasteiger partial charge in [-0.2, -0.15) is 0 Å². The van der Waals surface area contributed by atoms with E-state index in [4.69, 9.17) is 23.2 Å². The fourth-order valence-corrected chi connectivity index (χ4v) is 1.61. The van der Waals surface area contributed by atoms with Crippen molar-refractivity contribution in [1.29, 1.82) is 0 Å². The van der Waals surface area contributed by atoms with Crippen LogP contribution in [0.15, 0.2) is 18.2 Å². The number of ketones is 1. The van der Waals surface area contributed by atoms with Gasteiger partial charge in [-0.1, -0.05) is 18.2 Å². The molecule has 0 aliphatic carbocycles. The molecule has 1 aromatic rings. The minimum atomic E-state index is -0.784. The van der Waals surface area contributed by atoms with Crippen LogP contribution >= 0.6 is 23.2 Å². The van der Waals surface area contributed by atoms with Gasteiger partial charge in [-0.3, -0.25) is 9.59 Å². The Morgan fingerprint density at radius 1 is 1.53 bits per heavy atom. The maximum Gasteiger partial charge on any atom is 0.152 e. The second-order valence-electron chi connectivity index (χ2n) is 3.19. The van der Waals surface area contributed by atoms with Crippen molar-refractivity contribution in [2.75, 3.05) is 0 Å². The average molecular weight is 245 g/mol. The molecule has 1 aromatic carbocycles. The van der Waals surface area contributed by atoms with E-state index in [2.05, 4.69) is 0 Å². The van der Waals surface area contributed by atoms with Gasteiger partial charge in [-0.25, -0.2) is 0 Å². The van der Waals surface area contributed by atoms with Crippen LogP contribution in [0.3, 0.4) is 0 Å². The lowest BCUT2D eigenvalue weighted by Crippen LogP contribution is -2.05. The van der Waals surface area contributed by atoms with Gasteiger partial charge in [0.25, 0.3) is 0 Å². The highest BCUT2D eigenvalue weighted by atomic mass is 35.5. The van der Waals surface area contributed by atoms with E-state index in [0.29, 0.717) is 23.3 Å². The van der Waals surface area contributed by atoms with Crippen LogP contribution in [0, 0.1) is 0 Å². The van der Waals surface area contributed by atoms with E-state index in [1.807, 2.05) is 0 Å². The minimum absolute atomic E-state index is 0.188. The molecule has 4 heteroatoms. The van der Waals surface area contributed by atoms with Gasteiger partial charge in [0.05, 0.1) is 0 Å². The lowest BCUT2D eigenvalue weighted by atomic mass is 10.0. The van der Waals surface area contributed by atoms with Gasteiger partial charge in [0.15, 0.2) is 5.78 Å². The number of Topliss-reactive ketones (excluding diaryl/α,β-unsaturated/α-hetero) is 1. The zero-order valence-electron chi connectivity index (χ0n) is 8.17. The van der Waals surface area contributed by atoms with Crippen molar-refractivity contribution in [1.82, 2.24) is 0 Å². The number of hydrogen-bond acceptors (Lipinski definition) is 2. The summed E-state index contributed by atoms with van der Waals surface area (Å²) in [5.41, 5.74) is 1.79. The lowest BCUT2D eigenvalue weighted by Gasteiger charge is -2.10. The van der Waals surface area contributed by atoms with Gasteiger partial charge in [0, 0.05) is 11.4 Å². The maximum absolute atomic E-state index is 11.1. The van der Waals surface area contributed by atoms with Crippen molar-refractivity contribution in [3.8, 4) is 0 Å². The molecule has 0 radical (unpaired) electrons. The van der Waals surface area contributed by atoms with Crippen LogP contribution in [0.2, 0.25) is 0 Å². The van der Waals surface area contributed by atoms with E-state index in [9.17, 15) is 9.59 Å². The predicted octanol–water partition coefficient (Wildman–Crippen LogP) is 3.11. The number of carbonyl (C=O) groups is 2. The summed E-state index contributed by atoms with van der Waals surface area (Å²) in [6.45, 7) is 1.39. The Bertz CT molecular complexity index is 388. The molecule has 0 heterocycles. The molecule has 2 nitrogen and oxygen atoms in total. The first kappa shape index (κ1) is 12.2. The Hall–Kier alpha value is -0.860. The monoisotopic (exact) mass is 244 g/mol. The Kier molecular flexibility index (Phi) is 4.30. The molecule has 0 aliphatic rings. The fourth-order valence-electron chi connectivity index (χ4n) is 1.25. The molecule has 1 atom stereocenters. The number of rotatable bonds is 4. The van der Waals surface area contributed by atoms with E-state index in [1.165, 1.54) is 6.92 Å². The van der Waals surface area contributed by atoms with Crippen LogP contribution in [0.1, 0.15) is 33.8 Å². The van der Waals surface area contributed by atoms with Gasteiger partial charge < -0.3 is 0 Å². The molecule has 0 bridgehead atoms. The summed E-state index contributed by atoms with van der Waals surface area (Å²) in [6, 6.07) is 5.05. The summed E-state index contributed by atoms with van der Waals surface area (Å²) >= 11 is 11.6. The Labute approximate surface area is 98.2 Å². The van der Waals surface area contributed by atoms with Crippen molar-refractivity contribution < 1.29 is 9.59 Å². The maximum atomic E-state index is 11.1. The normalized spacial score (nSPS) is 12.2. The molecule has 80 valence electrons. The third-order valence-corrected chi connectivity index (χ3v) is 2.91. The third-order valence-electron chi connectivity index (χ3n) is 2.06. The number of alkyl halides is 2. The highest BCUT2D eigenvalue weighted by molar-refractivity contribution is 6.31. The summed E-state index contributed by atoms with van der Waals surface area (Å²) in [7, 11) is 0. The standard InChI is InChI=1S/C11H10Cl2O2/c1-7(15)11(13)10-4-8(5-12)2-3-9(10)6-14/h2-4,6,11H,5H2,1H3. The second kappa shape index (κ2) is 5.29. The molecule has 0 N–H and O–H groups in total. The van der Waals surface area contributed by atoms with Crippen molar-refractivity contribution in [3.05, 3.63) is 34.9 Å². The minimum Gasteiger partial charge on any atom is -0.298 e. The smallest absolute Gasteiger partial charge is 0.152 e. The Morgan fingerprint density at radius 3 is 2.67 bits per heavy atom. The van der Waals surface area contributed by atoms with Crippen LogP contribution in [-0.4, -0.2) is 12.1 Å². The van der Waals surface area contributed by atoms with Gasteiger partial charge in [0.1, 0.15) is 11.7 Å². The molecule has 0 amide bonds. The zero-order valence-corrected chi connectivity index (χ0v) is 9.68. The van der Waals surface area contributed by atoms with Crippen molar-refractivity contribution in [2.24, 2.45) is 0 Å². The predicted molar refractivity (Wildman–Crippen MR) is 60.7 cm³/mol. The number of halogens is 2. The summed E-state index contributed by atoms with van der Waals surface area (Å²) in [5.74, 6) is 0.139. The summed E-state index contributed by atoms with van der Waals surface area (Å²) in [5, 5.41) is -0.784. The topological polar surface area (TPSA) is 34.1 Å². The summed E-state index contributed by atoms with van der Waals surface area (Å²) in [6.07, 6.45) is 0.686. The quantitative estimate of drug-likeness (QED) is 0.603. The highest BCUT2D eigenvalue weighted by Gasteiger charge is 2.17. The van der Waals surface area contributed by atoms with E-state index in [-0.39, 0.29) is 5.78 Å². The molecule has 0 aromatic heterocycles. The average Bonchev–Trinajstić information content (AvgIpc) is 2.27. The van der Waals surface area contributed by atoms with Crippen molar-refractivity contribution >= 4 is 35.3 Å². The SMILES string of the molecule is CC(=O)C(Cl)c1cc(CCl)ccc1C=O. The van der Waals surface area contributed by atoms with Crippen LogP contribution in [0.25, 0.3) is 0 Å². The molecule has 0 fully saturated rings. The number of benzene rings is 1. The largest absolute Gasteiger partial charge is 0.298 e. The van der Waals surface area contributed by atoms with E-state index < -0.39 is 5.38 Å². The van der Waals surface area contributed by atoms with Crippen molar-refractivity contribution in [3.63, 3.8) is 0 Å². The summed E-state index contributed by atoms with van der Waals surface area (Å²) in [4.78, 5) is 21.9. The van der Waals surface area contributed by atoms with Crippen LogP contribution < -0.4 is 0 Å². The van der Waals surface area contributed by atoms with Gasteiger partial charge in [0.2, 0.25) is 0 Å². The van der Waals surface area contributed by atoms with Crippen molar-refractivity contribution in [2.45, 2.75) is 18.2 Å². The van der Waals surface area contributed by atoms with E-state index in [1.54, 1.807) is 18.2 Å². The molecule has 0 saturated carbocycles. The molecule has 0 saturated heterocycles. The molecule has 15 heavy (non-hydrogen) atoms. The van der Waals surface area contributed by atoms with E-state index >= 15 is 0 Å². The molecule has 0 spiro atoms.